The first-order valence-electron chi connectivity index (χ1n) is 13.2. The Labute approximate surface area is 231 Å². The van der Waals surface area contributed by atoms with Crippen LogP contribution in [-0.4, -0.2) is 69.5 Å². The number of benzene rings is 3. The van der Waals surface area contributed by atoms with Crippen LogP contribution < -0.4 is 5.32 Å². The fourth-order valence-electron chi connectivity index (χ4n) is 5.96. The Hall–Kier alpha value is -3.95. The predicted octanol–water partition coefficient (Wildman–Crippen LogP) is 4.40. The van der Waals surface area contributed by atoms with E-state index >= 15 is 0 Å². The summed E-state index contributed by atoms with van der Waals surface area (Å²) in [5.74, 6) is -0.267. The first-order valence-corrected chi connectivity index (χ1v) is 14.0. The van der Waals surface area contributed by atoms with Crippen molar-refractivity contribution in [1.82, 2.24) is 25.1 Å². The Bertz CT molecular complexity index is 1580. The number of urea groups is 1. The topological polar surface area (TPSA) is 76.2 Å². The average molecular weight is 542 g/mol. The molecule has 0 saturated carbocycles. The molecule has 0 aliphatic carbocycles. The first-order chi connectivity index (χ1) is 18.8. The second-order valence-electron chi connectivity index (χ2n) is 10.3. The summed E-state index contributed by atoms with van der Waals surface area (Å²) >= 11 is 1.65. The van der Waals surface area contributed by atoms with Crippen LogP contribution in [-0.2, 0) is 22.7 Å². The molecule has 4 aromatic rings. The van der Waals surface area contributed by atoms with Gasteiger partial charge in [0.05, 0.1) is 12.6 Å². The Balaban J connectivity index is 1.28. The van der Waals surface area contributed by atoms with E-state index < -0.39 is 18.2 Å². The molecule has 0 radical (unpaired) electrons. The number of piperazine rings is 1. The Morgan fingerprint density at radius 1 is 0.949 bits per heavy atom. The molecule has 2 fully saturated rings. The maximum Gasteiger partial charge on any atom is 0.334 e. The molecule has 200 valence electrons. The zero-order valence-corrected chi connectivity index (χ0v) is 23.0. The Kier molecular flexibility index (Phi) is 6.48. The van der Waals surface area contributed by atoms with Crippen molar-refractivity contribution in [3.8, 4) is 0 Å². The van der Waals surface area contributed by atoms with Crippen LogP contribution in [0.5, 0.6) is 0 Å². The SMILES string of the molecule is C[C@H]1[C@H]2N(C(=O)CN(C)N2C(=O)NCc2cccc3ccccc23)[C@@H](C)C(=O)N1Cc1csc2ccccc12. The summed E-state index contributed by atoms with van der Waals surface area (Å²) in [5.41, 5.74) is 2.08. The van der Waals surface area contributed by atoms with Gasteiger partial charge in [0.2, 0.25) is 11.8 Å². The molecule has 0 unspecified atom stereocenters. The summed E-state index contributed by atoms with van der Waals surface area (Å²) < 4.78 is 1.17. The van der Waals surface area contributed by atoms with E-state index in [1.807, 2.05) is 54.3 Å². The van der Waals surface area contributed by atoms with Gasteiger partial charge in [-0.2, -0.15) is 0 Å². The number of nitrogens with one attached hydrogen (secondary N) is 1. The van der Waals surface area contributed by atoms with Gasteiger partial charge in [-0.05, 0) is 52.6 Å². The lowest BCUT2D eigenvalue weighted by Crippen LogP contribution is -2.77. The highest BCUT2D eigenvalue weighted by Crippen LogP contribution is 2.33. The molecule has 3 heterocycles. The molecule has 2 saturated heterocycles. The van der Waals surface area contributed by atoms with Crippen LogP contribution in [0.3, 0.4) is 0 Å². The molecule has 1 aromatic heterocycles. The lowest BCUT2D eigenvalue weighted by Gasteiger charge is -2.56. The van der Waals surface area contributed by atoms with Gasteiger partial charge in [-0.3, -0.25) is 9.59 Å². The van der Waals surface area contributed by atoms with Crippen LogP contribution in [0.25, 0.3) is 20.9 Å². The maximum atomic E-state index is 13.7. The fourth-order valence-corrected chi connectivity index (χ4v) is 6.91. The third-order valence-electron chi connectivity index (χ3n) is 7.96. The van der Waals surface area contributed by atoms with E-state index in [2.05, 4.69) is 35.0 Å². The number of carbonyl (C=O) groups excluding carboxylic acids is 3. The molecule has 2 aliphatic rings. The zero-order chi connectivity index (χ0) is 27.3. The summed E-state index contributed by atoms with van der Waals surface area (Å²) in [5, 5.41) is 11.8. The molecule has 0 spiro atoms. The average Bonchev–Trinajstić information content (AvgIpc) is 3.35. The molecule has 0 bridgehead atoms. The third-order valence-corrected chi connectivity index (χ3v) is 8.97. The number of nitrogens with zero attached hydrogens (tertiary/aromatic N) is 4. The van der Waals surface area contributed by atoms with Gasteiger partial charge in [-0.1, -0.05) is 60.7 Å². The lowest BCUT2D eigenvalue weighted by molar-refractivity contribution is -0.194. The smallest absolute Gasteiger partial charge is 0.333 e. The molecular formula is C30H31N5O3S. The molecule has 6 rings (SSSR count). The fraction of sp³-hybridized carbons (Fsp3) is 0.300. The number of hydrogen-bond acceptors (Lipinski definition) is 5. The summed E-state index contributed by atoms with van der Waals surface area (Å²) in [4.78, 5) is 43.9. The van der Waals surface area contributed by atoms with Crippen molar-refractivity contribution in [2.24, 2.45) is 0 Å². The van der Waals surface area contributed by atoms with Crippen molar-refractivity contribution < 1.29 is 14.4 Å². The number of likely N-dealkylation sites (N-methyl/N-ethyl adjacent to an activating group) is 1. The number of fused-ring (bicyclic) bond motifs is 3. The van der Waals surface area contributed by atoms with Gasteiger partial charge in [0.15, 0.2) is 0 Å². The van der Waals surface area contributed by atoms with E-state index in [4.69, 9.17) is 0 Å². The Morgan fingerprint density at radius 3 is 2.49 bits per heavy atom. The molecule has 8 nitrogen and oxygen atoms in total. The van der Waals surface area contributed by atoms with Crippen molar-refractivity contribution in [3.05, 3.63) is 83.2 Å². The van der Waals surface area contributed by atoms with Gasteiger partial charge in [-0.25, -0.2) is 14.8 Å². The second-order valence-corrected chi connectivity index (χ2v) is 11.2. The molecule has 39 heavy (non-hydrogen) atoms. The second kappa shape index (κ2) is 9.98. The molecule has 9 heteroatoms. The van der Waals surface area contributed by atoms with Gasteiger partial charge >= 0.3 is 6.03 Å². The van der Waals surface area contributed by atoms with Crippen molar-refractivity contribution in [2.45, 2.75) is 45.2 Å². The highest BCUT2D eigenvalue weighted by molar-refractivity contribution is 7.17. The zero-order valence-electron chi connectivity index (χ0n) is 22.2. The van der Waals surface area contributed by atoms with Crippen LogP contribution in [0.2, 0.25) is 0 Å². The highest BCUT2D eigenvalue weighted by Gasteiger charge is 2.52. The number of carbonyl (C=O) groups is 3. The van der Waals surface area contributed by atoms with Gasteiger partial charge < -0.3 is 15.1 Å². The van der Waals surface area contributed by atoms with Crippen LogP contribution >= 0.6 is 11.3 Å². The predicted molar refractivity (Wildman–Crippen MR) is 153 cm³/mol. The number of hydrazine groups is 1. The van der Waals surface area contributed by atoms with Crippen molar-refractivity contribution in [1.29, 1.82) is 0 Å². The highest BCUT2D eigenvalue weighted by atomic mass is 32.1. The Morgan fingerprint density at radius 2 is 1.67 bits per heavy atom. The molecule has 3 aromatic carbocycles. The van der Waals surface area contributed by atoms with Crippen molar-refractivity contribution in [2.75, 3.05) is 13.6 Å². The summed E-state index contributed by atoms with van der Waals surface area (Å²) in [6.45, 7) is 4.47. The molecule has 1 N–H and O–H groups in total. The van der Waals surface area contributed by atoms with Gasteiger partial charge in [0, 0.05) is 24.8 Å². The van der Waals surface area contributed by atoms with Crippen molar-refractivity contribution in [3.63, 3.8) is 0 Å². The summed E-state index contributed by atoms with van der Waals surface area (Å²) in [6.07, 6.45) is -0.624. The quantitative estimate of drug-likeness (QED) is 0.416. The van der Waals surface area contributed by atoms with E-state index in [0.717, 1.165) is 27.3 Å². The largest absolute Gasteiger partial charge is 0.334 e. The van der Waals surface area contributed by atoms with Crippen LogP contribution in [0.15, 0.2) is 72.1 Å². The number of hydrogen-bond donors (Lipinski definition) is 1. The third kappa shape index (κ3) is 4.31. The van der Waals surface area contributed by atoms with Gasteiger partial charge in [0.25, 0.3) is 0 Å². The first kappa shape index (κ1) is 25.3. The van der Waals surface area contributed by atoms with E-state index in [0.29, 0.717) is 13.1 Å². The van der Waals surface area contributed by atoms with E-state index in [1.165, 1.54) is 4.70 Å². The van der Waals surface area contributed by atoms with Crippen LogP contribution in [0.4, 0.5) is 4.79 Å². The molecule has 2 aliphatic heterocycles. The van der Waals surface area contributed by atoms with Gasteiger partial charge in [0.1, 0.15) is 12.2 Å². The number of thiophene rings is 1. The minimum atomic E-state index is -0.675. The minimum Gasteiger partial charge on any atom is -0.333 e. The maximum absolute atomic E-state index is 13.7. The summed E-state index contributed by atoms with van der Waals surface area (Å²) in [7, 11) is 1.75. The van der Waals surface area contributed by atoms with Gasteiger partial charge in [-0.15, -0.1) is 11.3 Å². The monoisotopic (exact) mass is 541 g/mol. The van der Waals surface area contributed by atoms with E-state index in [1.54, 1.807) is 40.2 Å². The molecular weight excluding hydrogens is 510 g/mol. The van der Waals surface area contributed by atoms with E-state index in [-0.39, 0.29) is 24.4 Å². The standard InChI is InChI=1S/C30H31N5O3S/c1-19-28-34(20(2)29(37)33(19)16-23-18-39-26-14-7-6-13-25(23)26)27(36)17-32(3)35(28)30(38)31-15-22-11-8-10-21-9-4-5-12-24(21)22/h4-14,18-20,28H,15-17H2,1-3H3,(H,31,38)/t19-,20-,28-/m0/s1. The summed E-state index contributed by atoms with van der Waals surface area (Å²) in [6, 6.07) is 20.9. The van der Waals surface area contributed by atoms with Crippen LogP contribution in [0.1, 0.15) is 25.0 Å². The van der Waals surface area contributed by atoms with E-state index in [9.17, 15) is 14.4 Å². The van der Waals surface area contributed by atoms with Crippen molar-refractivity contribution >= 4 is 50.0 Å². The molecule has 4 amide bonds. The minimum absolute atomic E-state index is 0.0255. The molecule has 3 atom stereocenters. The van der Waals surface area contributed by atoms with Crippen LogP contribution in [0, 0.1) is 0 Å². The number of amides is 4. The number of rotatable bonds is 4. The lowest BCUT2D eigenvalue weighted by atomic mass is 10.0. The normalized spacial score (nSPS) is 22.0.